The van der Waals surface area contributed by atoms with Crippen molar-refractivity contribution >= 4 is 10.0 Å². The molecule has 1 aliphatic heterocycles. The molecule has 27 heavy (non-hydrogen) atoms. The third-order valence-electron chi connectivity index (χ3n) is 5.16. The first-order valence-electron chi connectivity index (χ1n) is 8.88. The van der Waals surface area contributed by atoms with E-state index in [9.17, 15) is 13.5 Å². The summed E-state index contributed by atoms with van der Waals surface area (Å²) in [5, 5.41) is 10.3. The lowest BCUT2D eigenvalue weighted by atomic mass is 9.98. The van der Waals surface area contributed by atoms with Gasteiger partial charge >= 0.3 is 0 Å². The number of phenols is 1. The number of rotatable bonds is 3. The third-order valence-corrected chi connectivity index (χ3v) is 7.15. The molecule has 2 atom stereocenters. The molecule has 0 fully saturated rings. The van der Waals surface area contributed by atoms with Gasteiger partial charge < -0.3 is 5.11 Å². The predicted molar refractivity (Wildman–Crippen MR) is 105 cm³/mol. The number of nitrogens with zero attached hydrogens (tertiary/aromatic N) is 1. The number of hydrogen-bond donors (Lipinski definition) is 1. The van der Waals surface area contributed by atoms with Gasteiger partial charge in [0.2, 0.25) is 10.0 Å². The Labute approximate surface area is 159 Å². The number of aromatic hydroxyl groups is 1. The van der Waals surface area contributed by atoms with Crippen molar-refractivity contribution in [1.82, 2.24) is 4.31 Å². The lowest BCUT2D eigenvalue weighted by Gasteiger charge is -2.29. The van der Waals surface area contributed by atoms with Gasteiger partial charge in [-0.05, 0) is 48.2 Å². The van der Waals surface area contributed by atoms with Crippen molar-refractivity contribution in [2.75, 3.05) is 0 Å². The van der Waals surface area contributed by atoms with Gasteiger partial charge in [-0.2, -0.15) is 4.31 Å². The van der Waals surface area contributed by atoms with Crippen LogP contribution in [-0.4, -0.2) is 17.8 Å². The molecule has 0 spiro atoms. The highest BCUT2D eigenvalue weighted by Crippen LogP contribution is 2.49. The minimum absolute atomic E-state index is 0.0614. The summed E-state index contributed by atoms with van der Waals surface area (Å²) in [5.74, 6) is -0.218. The standard InChI is InChI=1S/C22H21NO3S/c1-15-12-13-21(20(24)14-15)27(25,26)23-16(2)18-10-6-7-11-19(18)22(23)17-8-4-3-5-9-17/h3-14,16,22,24H,1-2H3/t16-,22-/m1/s1. The van der Waals surface area contributed by atoms with Crippen LogP contribution in [0.5, 0.6) is 5.75 Å². The van der Waals surface area contributed by atoms with E-state index in [-0.39, 0.29) is 16.7 Å². The highest BCUT2D eigenvalue weighted by atomic mass is 32.2. The first-order valence-corrected chi connectivity index (χ1v) is 10.3. The van der Waals surface area contributed by atoms with Gasteiger partial charge in [0, 0.05) is 6.04 Å². The Kier molecular flexibility index (Phi) is 4.29. The fourth-order valence-electron chi connectivity index (χ4n) is 3.91. The zero-order valence-corrected chi connectivity index (χ0v) is 16.0. The second-order valence-corrected chi connectivity index (χ2v) is 8.74. The highest BCUT2D eigenvalue weighted by Gasteiger charge is 2.45. The van der Waals surface area contributed by atoms with E-state index in [0.717, 1.165) is 22.3 Å². The fraction of sp³-hybridized carbons (Fsp3) is 0.182. The molecule has 4 nitrogen and oxygen atoms in total. The monoisotopic (exact) mass is 379 g/mol. The minimum atomic E-state index is -3.92. The zero-order chi connectivity index (χ0) is 19.2. The quantitative estimate of drug-likeness (QED) is 0.726. The van der Waals surface area contributed by atoms with Gasteiger partial charge in [-0.15, -0.1) is 0 Å². The van der Waals surface area contributed by atoms with E-state index in [4.69, 9.17) is 0 Å². The van der Waals surface area contributed by atoms with Gasteiger partial charge in [0.25, 0.3) is 0 Å². The van der Waals surface area contributed by atoms with Gasteiger partial charge in [-0.3, -0.25) is 0 Å². The first-order chi connectivity index (χ1) is 12.9. The zero-order valence-electron chi connectivity index (χ0n) is 15.2. The minimum Gasteiger partial charge on any atom is -0.507 e. The van der Waals surface area contributed by atoms with Crippen LogP contribution in [0, 0.1) is 6.92 Å². The van der Waals surface area contributed by atoms with Gasteiger partial charge in [0.05, 0.1) is 6.04 Å². The topological polar surface area (TPSA) is 57.6 Å². The lowest BCUT2D eigenvalue weighted by Crippen LogP contribution is -2.32. The summed E-state index contributed by atoms with van der Waals surface area (Å²) in [6, 6.07) is 21.3. The second kappa shape index (κ2) is 6.51. The van der Waals surface area contributed by atoms with E-state index in [1.54, 1.807) is 6.07 Å². The molecule has 0 amide bonds. The maximum absolute atomic E-state index is 13.6. The smallest absolute Gasteiger partial charge is 0.248 e. The van der Waals surface area contributed by atoms with Crippen molar-refractivity contribution in [3.8, 4) is 5.75 Å². The normalized spacial score (nSPS) is 19.8. The largest absolute Gasteiger partial charge is 0.507 e. The Morgan fingerprint density at radius 3 is 2.19 bits per heavy atom. The highest BCUT2D eigenvalue weighted by molar-refractivity contribution is 7.89. The van der Waals surface area contributed by atoms with Crippen LogP contribution < -0.4 is 0 Å². The second-order valence-electron chi connectivity index (χ2n) is 6.92. The number of fused-ring (bicyclic) bond motifs is 1. The molecule has 3 aromatic carbocycles. The molecular weight excluding hydrogens is 358 g/mol. The predicted octanol–water partition coefficient (Wildman–Crippen LogP) is 4.56. The number of aryl methyl sites for hydroxylation is 1. The van der Waals surface area contributed by atoms with E-state index in [1.807, 2.05) is 68.4 Å². The van der Waals surface area contributed by atoms with Crippen LogP contribution >= 0.6 is 0 Å². The van der Waals surface area contributed by atoms with Crippen LogP contribution in [0.1, 0.15) is 41.3 Å². The molecule has 3 aromatic rings. The summed E-state index contributed by atoms with van der Waals surface area (Å²) >= 11 is 0. The molecule has 1 aliphatic rings. The van der Waals surface area contributed by atoms with E-state index >= 15 is 0 Å². The Balaban J connectivity index is 1.92. The molecule has 0 unspecified atom stereocenters. The summed E-state index contributed by atoms with van der Waals surface area (Å²) in [4.78, 5) is -0.0614. The van der Waals surface area contributed by atoms with Crippen LogP contribution in [-0.2, 0) is 10.0 Å². The molecule has 1 N–H and O–H groups in total. The van der Waals surface area contributed by atoms with Gasteiger partial charge in [-0.1, -0.05) is 60.7 Å². The summed E-state index contributed by atoms with van der Waals surface area (Å²) in [6.45, 7) is 3.71. The average Bonchev–Trinajstić information content (AvgIpc) is 2.96. The number of sulfonamides is 1. The Hall–Kier alpha value is -2.63. The van der Waals surface area contributed by atoms with Crippen LogP contribution in [0.25, 0.3) is 0 Å². The molecule has 0 bridgehead atoms. The fourth-order valence-corrected chi connectivity index (χ4v) is 5.74. The third kappa shape index (κ3) is 2.83. The van der Waals surface area contributed by atoms with Crippen molar-refractivity contribution in [2.24, 2.45) is 0 Å². The van der Waals surface area contributed by atoms with Gasteiger partial charge in [-0.25, -0.2) is 8.42 Å². The van der Waals surface area contributed by atoms with Crippen molar-refractivity contribution in [1.29, 1.82) is 0 Å². The number of benzene rings is 3. The van der Waals surface area contributed by atoms with Crippen LogP contribution in [0.15, 0.2) is 77.7 Å². The molecule has 1 heterocycles. The maximum Gasteiger partial charge on any atom is 0.248 e. The Morgan fingerprint density at radius 2 is 1.52 bits per heavy atom. The van der Waals surface area contributed by atoms with Crippen molar-refractivity contribution in [3.63, 3.8) is 0 Å². The number of hydrogen-bond acceptors (Lipinski definition) is 3. The summed E-state index contributed by atoms with van der Waals surface area (Å²) in [6.07, 6.45) is 0. The molecule has 4 rings (SSSR count). The van der Waals surface area contributed by atoms with E-state index in [0.29, 0.717) is 0 Å². The SMILES string of the molecule is Cc1ccc(S(=O)(=O)N2[C@H](c3ccccc3)c3ccccc3[C@H]2C)c(O)c1. The molecule has 0 saturated heterocycles. The van der Waals surface area contributed by atoms with Crippen molar-refractivity contribution < 1.29 is 13.5 Å². The molecule has 5 heteroatoms. The summed E-state index contributed by atoms with van der Waals surface area (Å²) < 4.78 is 28.7. The molecule has 0 saturated carbocycles. The van der Waals surface area contributed by atoms with Gasteiger partial charge in [0.15, 0.2) is 0 Å². The molecule has 0 aromatic heterocycles. The lowest BCUT2D eigenvalue weighted by molar-refractivity contribution is 0.329. The number of phenolic OH excluding ortho intramolecular Hbond substituents is 1. The van der Waals surface area contributed by atoms with Crippen LogP contribution in [0.3, 0.4) is 0 Å². The first kappa shape index (κ1) is 17.8. The molecule has 0 aliphatic carbocycles. The van der Waals surface area contributed by atoms with Gasteiger partial charge in [0.1, 0.15) is 10.6 Å². The summed E-state index contributed by atoms with van der Waals surface area (Å²) in [5.41, 5.74) is 3.68. The van der Waals surface area contributed by atoms with E-state index in [1.165, 1.54) is 16.4 Å². The van der Waals surface area contributed by atoms with E-state index in [2.05, 4.69) is 0 Å². The molecule has 138 valence electrons. The van der Waals surface area contributed by atoms with E-state index < -0.39 is 16.1 Å². The molecular formula is C22H21NO3S. The van der Waals surface area contributed by atoms with Crippen LogP contribution in [0.2, 0.25) is 0 Å². The van der Waals surface area contributed by atoms with Crippen LogP contribution in [0.4, 0.5) is 0 Å². The Morgan fingerprint density at radius 1 is 0.889 bits per heavy atom. The average molecular weight is 379 g/mol. The Bertz CT molecular complexity index is 1090. The molecule has 0 radical (unpaired) electrons. The van der Waals surface area contributed by atoms with Crippen molar-refractivity contribution in [3.05, 3.63) is 95.1 Å². The maximum atomic E-state index is 13.6. The van der Waals surface area contributed by atoms with Crippen molar-refractivity contribution in [2.45, 2.75) is 30.8 Å². The summed E-state index contributed by atoms with van der Waals surface area (Å²) in [7, 11) is -3.92.